The van der Waals surface area contributed by atoms with Gasteiger partial charge in [0.1, 0.15) is 5.69 Å². The minimum absolute atomic E-state index is 0.204. The number of aromatic nitrogens is 2. The van der Waals surface area contributed by atoms with Crippen LogP contribution in [0.5, 0.6) is 0 Å². The highest BCUT2D eigenvalue weighted by Crippen LogP contribution is 2.18. The summed E-state index contributed by atoms with van der Waals surface area (Å²) < 4.78 is 0. The van der Waals surface area contributed by atoms with Gasteiger partial charge in [-0.3, -0.25) is 9.59 Å². The van der Waals surface area contributed by atoms with E-state index in [-0.39, 0.29) is 23.2 Å². The van der Waals surface area contributed by atoms with Crippen LogP contribution in [0, 0.1) is 0 Å². The molecule has 1 heterocycles. The van der Waals surface area contributed by atoms with Crippen molar-refractivity contribution in [2.24, 2.45) is 0 Å². The van der Waals surface area contributed by atoms with E-state index in [1.165, 1.54) is 12.1 Å². The lowest BCUT2D eigenvalue weighted by molar-refractivity contribution is 0.0918. The van der Waals surface area contributed by atoms with Gasteiger partial charge in [0, 0.05) is 18.2 Å². The van der Waals surface area contributed by atoms with Crippen molar-refractivity contribution in [2.75, 3.05) is 7.05 Å². The van der Waals surface area contributed by atoms with E-state index >= 15 is 0 Å². The second-order valence-corrected chi connectivity index (χ2v) is 4.62. The SMILES string of the molecule is CNC1CCC(NC(=O)c2ccc(=O)[nH]n2)CC1. The van der Waals surface area contributed by atoms with Crippen LogP contribution in [0.1, 0.15) is 36.2 Å². The maximum atomic E-state index is 11.9. The third-order valence-corrected chi connectivity index (χ3v) is 3.38. The van der Waals surface area contributed by atoms with E-state index in [4.69, 9.17) is 0 Å². The number of nitrogens with zero attached hydrogens (tertiary/aromatic N) is 1. The molecule has 1 aliphatic rings. The number of nitrogens with one attached hydrogen (secondary N) is 3. The summed E-state index contributed by atoms with van der Waals surface area (Å²) >= 11 is 0. The van der Waals surface area contributed by atoms with Gasteiger partial charge in [-0.2, -0.15) is 5.10 Å². The molecule has 0 radical (unpaired) electrons. The van der Waals surface area contributed by atoms with Crippen LogP contribution in [0.15, 0.2) is 16.9 Å². The molecule has 3 N–H and O–H groups in total. The largest absolute Gasteiger partial charge is 0.348 e. The molecule has 0 unspecified atom stereocenters. The molecule has 0 aromatic carbocycles. The summed E-state index contributed by atoms with van der Waals surface area (Å²) in [6.07, 6.45) is 4.09. The fraction of sp³-hybridized carbons (Fsp3) is 0.583. The zero-order valence-corrected chi connectivity index (χ0v) is 10.4. The molecule has 6 heteroatoms. The van der Waals surface area contributed by atoms with Crippen molar-refractivity contribution >= 4 is 5.91 Å². The number of carbonyl (C=O) groups is 1. The number of H-pyrrole nitrogens is 1. The monoisotopic (exact) mass is 250 g/mol. The molecule has 1 aromatic rings. The summed E-state index contributed by atoms with van der Waals surface area (Å²) in [6.45, 7) is 0. The van der Waals surface area contributed by atoms with Gasteiger partial charge in [0.2, 0.25) is 0 Å². The number of carbonyl (C=O) groups excluding carboxylic acids is 1. The van der Waals surface area contributed by atoms with Crippen LogP contribution >= 0.6 is 0 Å². The fourth-order valence-electron chi connectivity index (χ4n) is 2.26. The van der Waals surface area contributed by atoms with E-state index in [1.807, 2.05) is 7.05 Å². The summed E-state index contributed by atoms with van der Waals surface area (Å²) in [5.41, 5.74) is -0.0496. The Morgan fingerprint density at radius 2 is 1.94 bits per heavy atom. The van der Waals surface area contributed by atoms with E-state index in [1.54, 1.807) is 0 Å². The van der Waals surface area contributed by atoms with Gasteiger partial charge >= 0.3 is 0 Å². The van der Waals surface area contributed by atoms with Gasteiger partial charge in [0.15, 0.2) is 0 Å². The first-order chi connectivity index (χ1) is 8.69. The van der Waals surface area contributed by atoms with E-state index in [2.05, 4.69) is 20.8 Å². The van der Waals surface area contributed by atoms with E-state index in [9.17, 15) is 9.59 Å². The average Bonchev–Trinajstić information content (AvgIpc) is 2.40. The lowest BCUT2D eigenvalue weighted by atomic mass is 9.91. The van der Waals surface area contributed by atoms with E-state index < -0.39 is 0 Å². The summed E-state index contributed by atoms with van der Waals surface area (Å²) in [7, 11) is 1.97. The molecular weight excluding hydrogens is 232 g/mol. The molecular formula is C12H18N4O2. The maximum absolute atomic E-state index is 11.9. The molecule has 0 bridgehead atoms. The summed E-state index contributed by atoms with van der Waals surface area (Å²) in [5, 5.41) is 12.2. The van der Waals surface area contributed by atoms with Gasteiger partial charge in [0.25, 0.3) is 11.5 Å². The third-order valence-electron chi connectivity index (χ3n) is 3.38. The predicted octanol–water partition coefficient (Wildman–Crippen LogP) is 0.0303. The lowest BCUT2D eigenvalue weighted by Crippen LogP contribution is -2.41. The molecule has 1 aliphatic carbocycles. The quantitative estimate of drug-likeness (QED) is 0.706. The van der Waals surface area contributed by atoms with Crippen molar-refractivity contribution in [1.82, 2.24) is 20.8 Å². The smallest absolute Gasteiger partial charge is 0.271 e. The molecule has 1 aromatic heterocycles. The molecule has 0 spiro atoms. The Bertz CT molecular complexity index is 443. The summed E-state index contributed by atoms with van der Waals surface area (Å²) in [4.78, 5) is 22.7. The normalized spacial score (nSPS) is 23.6. The van der Waals surface area contributed by atoms with Crippen LogP contribution in [-0.2, 0) is 0 Å². The van der Waals surface area contributed by atoms with Gasteiger partial charge in [0.05, 0.1) is 0 Å². The van der Waals surface area contributed by atoms with Gasteiger partial charge in [-0.15, -0.1) is 0 Å². The van der Waals surface area contributed by atoms with Gasteiger partial charge in [-0.25, -0.2) is 5.10 Å². The second kappa shape index (κ2) is 5.77. The highest BCUT2D eigenvalue weighted by molar-refractivity contribution is 5.92. The molecule has 1 fully saturated rings. The van der Waals surface area contributed by atoms with Crippen molar-refractivity contribution in [1.29, 1.82) is 0 Å². The van der Waals surface area contributed by atoms with Crippen molar-refractivity contribution in [3.8, 4) is 0 Å². The highest BCUT2D eigenvalue weighted by atomic mass is 16.2. The summed E-state index contributed by atoms with van der Waals surface area (Å²) in [6, 6.07) is 3.51. The summed E-state index contributed by atoms with van der Waals surface area (Å²) in [5.74, 6) is -0.223. The zero-order valence-electron chi connectivity index (χ0n) is 10.4. The lowest BCUT2D eigenvalue weighted by Gasteiger charge is -2.28. The van der Waals surface area contributed by atoms with Crippen LogP contribution in [0.2, 0.25) is 0 Å². The Balaban J connectivity index is 1.88. The Morgan fingerprint density at radius 3 is 2.50 bits per heavy atom. The van der Waals surface area contributed by atoms with Crippen molar-refractivity contribution in [2.45, 2.75) is 37.8 Å². The van der Waals surface area contributed by atoms with Gasteiger partial charge in [-0.05, 0) is 38.8 Å². The second-order valence-electron chi connectivity index (χ2n) is 4.62. The van der Waals surface area contributed by atoms with Crippen molar-refractivity contribution < 1.29 is 4.79 Å². The van der Waals surface area contributed by atoms with Crippen LogP contribution in [-0.4, -0.2) is 35.2 Å². The molecule has 1 saturated carbocycles. The fourth-order valence-corrected chi connectivity index (χ4v) is 2.26. The number of rotatable bonds is 3. The highest BCUT2D eigenvalue weighted by Gasteiger charge is 2.22. The maximum Gasteiger partial charge on any atom is 0.271 e. The standard InChI is InChI=1S/C12H18N4O2/c1-13-8-2-4-9(5-3-8)14-12(18)10-6-7-11(17)16-15-10/h6-9,13H,2-5H2,1H3,(H,14,18)(H,16,17). The minimum Gasteiger partial charge on any atom is -0.348 e. The minimum atomic E-state index is -0.305. The Labute approximate surface area is 105 Å². The molecule has 98 valence electrons. The number of amides is 1. The zero-order chi connectivity index (χ0) is 13.0. The molecule has 0 aliphatic heterocycles. The molecule has 18 heavy (non-hydrogen) atoms. The molecule has 0 atom stereocenters. The predicted molar refractivity (Wildman–Crippen MR) is 67.4 cm³/mol. The van der Waals surface area contributed by atoms with Gasteiger partial charge in [-0.1, -0.05) is 0 Å². The number of hydrogen-bond acceptors (Lipinski definition) is 4. The van der Waals surface area contributed by atoms with Crippen LogP contribution in [0.4, 0.5) is 0 Å². The van der Waals surface area contributed by atoms with Crippen LogP contribution < -0.4 is 16.2 Å². The first-order valence-electron chi connectivity index (χ1n) is 6.23. The van der Waals surface area contributed by atoms with Crippen molar-refractivity contribution in [3.63, 3.8) is 0 Å². The van der Waals surface area contributed by atoms with Crippen LogP contribution in [0.25, 0.3) is 0 Å². The molecule has 0 saturated heterocycles. The molecule has 2 rings (SSSR count). The van der Waals surface area contributed by atoms with E-state index in [0.29, 0.717) is 6.04 Å². The third kappa shape index (κ3) is 3.16. The average molecular weight is 250 g/mol. The molecule has 1 amide bonds. The van der Waals surface area contributed by atoms with Gasteiger partial charge < -0.3 is 10.6 Å². The van der Waals surface area contributed by atoms with Crippen molar-refractivity contribution in [3.05, 3.63) is 28.2 Å². The van der Waals surface area contributed by atoms with E-state index in [0.717, 1.165) is 25.7 Å². The van der Waals surface area contributed by atoms with Crippen LogP contribution in [0.3, 0.4) is 0 Å². The Kier molecular flexibility index (Phi) is 4.09. The first kappa shape index (κ1) is 12.8. The number of hydrogen-bond donors (Lipinski definition) is 3. The Hall–Kier alpha value is -1.69. The molecule has 6 nitrogen and oxygen atoms in total. The Morgan fingerprint density at radius 1 is 1.28 bits per heavy atom. The first-order valence-corrected chi connectivity index (χ1v) is 6.23. The number of aromatic amines is 1. The topological polar surface area (TPSA) is 86.9 Å².